The molecule has 1 saturated heterocycles. The van der Waals surface area contributed by atoms with Gasteiger partial charge in [0.15, 0.2) is 11.5 Å². The van der Waals surface area contributed by atoms with E-state index in [1.807, 2.05) is 47.4 Å². The zero-order chi connectivity index (χ0) is 43.1. The molecule has 0 unspecified atom stereocenters. The van der Waals surface area contributed by atoms with E-state index in [9.17, 15) is 18.0 Å². The molecule has 3 N–H and O–H groups in total. The van der Waals surface area contributed by atoms with Gasteiger partial charge in [-0.05, 0) is 73.2 Å². The number of para-hydroxylation sites is 1. The van der Waals surface area contributed by atoms with E-state index in [0.717, 1.165) is 41.9 Å². The van der Waals surface area contributed by atoms with Gasteiger partial charge < -0.3 is 10.2 Å². The highest BCUT2D eigenvalue weighted by Crippen LogP contribution is 2.38. The molecule has 0 spiro atoms. The van der Waals surface area contributed by atoms with Crippen molar-refractivity contribution in [3.63, 3.8) is 0 Å². The van der Waals surface area contributed by atoms with Gasteiger partial charge in [0.1, 0.15) is 5.69 Å². The molecule has 11 nitrogen and oxygen atoms in total. The summed E-state index contributed by atoms with van der Waals surface area (Å²) in [5.41, 5.74) is 5.90. The summed E-state index contributed by atoms with van der Waals surface area (Å²) in [6.45, 7) is 2.76. The molecule has 1 aliphatic rings. The van der Waals surface area contributed by atoms with Gasteiger partial charge in [-0.15, -0.1) is 0 Å². The lowest BCUT2D eigenvalue weighted by Crippen LogP contribution is -2.36. The maximum absolute atomic E-state index is 14.2. The number of aliphatic imine (C=N–C) groups is 2. The van der Waals surface area contributed by atoms with Crippen molar-refractivity contribution in [3.8, 4) is 0 Å². The van der Waals surface area contributed by atoms with Gasteiger partial charge in [0.2, 0.25) is 15.9 Å². The number of hydrogen-bond donors (Lipinski definition) is 3. The van der Waals surface area contributed by atoms with E-state index in [1.165, 1.54) is 63.5 Å². The summed E-state index contributed by atoms with van der Waals surface area (Å²) in [6, 6.07) is 24.5. The Morgan fingerprint density at radius 1 is 0.750 bits per heavy atom. The highest BCUT2D eigenvalue weighted by atomic mass is 35.5. The summed E-state index contributed by atoms with van der Waals surface area (Å²) in [5.74, 6) is -0.660. The quantitative estimate of drug-likeness (QED) is 0.0672. The number of halogens is 4. The molecule has 4 aromatic carbocycles. The fraction of sp³-hybridized carbons (Fsp3) is 0.364. The lowest BCUT2D eigenvalue weighted by atomic mass is 10.1. The Balaban J connectivity index is 1.35. The minimum Gasteiger partial charge on any atom is -0.340 e. The number of hydrazine groups is 1. The molecule has 1 fully saturated rings. The van der Waals surface area contributed by atoms with Crippen LogP contribution in [0, 0.1) is 0 Å². The number of carbonyl (C=O) groups is 2. The van der Waals surface area contributed by atoms with Crippen molar-refractivity contribution in [3.05, 3.63) is 105 Å². The number of unbranched alkanes of at least 4 members (excludes halogenated alkanes) is 10. The van der Waals surface area contributed by atoms with Crippen LogP contribution in [0.3, 0.4) is 0 Å². The Morgan fingerprint density at radius 3 is 1.97 bits per heavy atom. The molecule has 5 rings (SSSR count). The van der Waals surface area contributed by atoms with Gasteiger partial charge in [-0.25, -0.2) is 28.1 Å². The molecule has 1 heterocycles. The number of hydrogen-bond acceptors (Lipinski definition) is 7. The third kappa shape index (κ3) is 14.2. The molecule has 0 radical (unpaired) electrons. The summed E-state index contributed by atoms with van der Waals surface area (Å²) in [4.78, 5) is 38.5. The number of benzene rings is 4. The molecule has 0 atom stereocenters. The maximum atomic E-state index is 14.2. The smallest absolute Gasteiger partial charge is 0.299 e. The zero-order valence-electron chi connectivity index (χ0n) is 33.8. The van der Waals surface area contributed by atoms with Crippen LogP contribution in [0.2, 0.25) is 20.1 Å². The molecule has 0 bridgehead atoms. The van der Waals surface area contributed by atoms with E-state index in [2.05, 4.69) is 22.4 Å². The lowest BCUT2D eigenvalue weighted by Gasteiger charge is -2.25. The van der Waals surface area contributed by atoms with Crippen LogP contribution >= 0.6 is 46.4 Å². The van der Waals surface area contributed by atoms with Crippen LogP contribution in [-0.2, 0) is 19.6 Å². The second kappa shape index (κ2) is 23.2. The fourth-order valence-electron chi connectivity index (χ4n) is 6.67. The van der Waals surface area contributed by atoms with Crippen molar-refractivity contribution in [2.24, 2.45) is 9.98 Å². The first-order chi connectivity index (χ1) is 28.8. The summed E-state index contributed by atoms with van der Waals surface area (Å²) >= 11 is 25.9. The summed E-state index contributed by atoms with van der Waals surface area (Å²) in [6.07, 6.45) is 14.7. The Labute approximate surface area is 373 Å². The molecule has 2 amide bonds. The Morgan fingerprint density at radius 2 is 1.35 bits per heavy atom. The maximum Gasteiger partial charge on any atom is 0.299 e. The zero-order valence-corrected chi connectivity index (χ0v) is 37.7. The SMILES string of the molecule is CCCCCCCCCCCCCC(=O)Nc1ccc(Cl)c(N=C2NN(c3c(Cl)cc(Cl)cc3Cl)C(=O)C2=Nc2ccc(N(CCNS(C)(=O)=O)c3ccccc3)cc2)c1. The third-order valence-corrected chi connectivity index (χ3v) is 11.5. The minimum atomic E-state index is -3.39. The van der Waals surface area contributed by atoms with Gasteiger partial charge in [-0.2, -0.15) is 0 Å². The molecular weight excluding hydrogens is 864 g/mol. The van der Waals surface area contributed by atoms with Crippen LogP contribution in [0.25, 0.3) is 0 Å². The van der Waals surface area contributed by atoms with Crippen molar-refractivity contribution < 1.29 is 18.0 Å². The predicted molar refractivity (Wildman–Crippen MR) is 250 cm³/mol. The second-order valence-electron chi connectivity index (χ2n) is 14.6. The number of anilines is 4. The van der Waals surface area contributed by atoms with Crippen LogP contribution < -0.4 is 25.4 Å². The molecule has 1 aliphatic heterocycles. The summed E-state index contributed by atoms with van der Waals surface area (Å²) in [7, 11) is -3.39. The highest BCUT2D eigenvalue weighted by Gasteiger charge is 2.37. The fourth-order valence-corrected chi connectivity index (χ4v) is 8.27. The number of amides is 2. The first-order valence-electron chi connectivity index (χ1n) is 20.2. The topological polar surface area (TPSA) is 136 Å². The monoisotopic (exact) mass is 913 g/mol. The van der Waals surface area contributed by atoms with Crippen molar-refractivity contribution >= 4 is 114 Å². The van der Waals surface area contributed by atoms with Gasteiger partial charge in [0.25, 0.3) is 5.91 Å². The highest BCUT2D eigenvalue weighted by molar-refractivity contribution is 7.88. The van der Waals surface area contributed by atoms with E-state index in [0.29, 0.717) is 24.3 Å². The molecule has 0 aromatic heterocycles. The van der Waals surface area contributed by atoms with E-state index in [-0.39, 0.29) is 55.5 Å². The normalized spacial score (nSPS) is 14.2. The Kier molecular flexibility index (Phi) is 18.1. The molecule has 320 valence electrons. The Bertz CT molecular complexity index is 2240. The first-order valence-corrected chi connectivity index (χ1v) is 23.6. The lowest BCUT2D eigenvalue weighted by molar-refractivity contribution is -0.116. The van der Waals surface area contributed by atoms with Gasteiger partial charge in [0, 0.05) is 41.6 Å². The third-order valence-electron chi connectivity index (χ3n) is 9.69. The van der Waals surface area contributed by atoms with Crippen LogP contribution in [0.4, 0.5) is 34.1 Å². The average Bonchev–Trinajstić information content (AvgIpc) is 3.49. The number of sulfonamides is 1. The minimum absolute atomic E-state index is 0.0512. The number of nitrogens with one attached hydrogen (secondary N) is 3. The van der Waals surface area contributed by atoms with Crippen molar-refractivity contribution in [1.29, 1.82) is 0 Å². The number of nitrogens with zero attached hydrogens (tertiary/aromatic N) is 4. The second-order valence-corrected chi connectivity index (χ2v) is 18.1. The predicted octanol–water partition coefficient (Wildman–Crippen LogP) is 12.0. The van der Waals surface area contributed by atoms with Crippen LogP contribution in [-0.4, -0.2) is 51.1 Å². The number of amidine groups is 1. The Hall–Kier alpha value is -4.17. The van der Waals surface area contributed by atoms with Crippen molar-refractivity contribution in [1.82, 2.24) is 10.1 Å². The first kappa shape index (κ1) is 46.9. The molecule has 16 heteroatoms. The summed E-state index contributed by atoms with van der Waals surface area (Å²) < 4.78 is 26.1. The largest absolute Gasteiger partial charge is 0.340 e. The van der Waals surface area contributed by atoms with E-state index in [1.54, 1.807) is 30.3 Å². The van der Waals surface area contributed by atoms with E-state index < -0.39 is 15.9 Å². The number of carbonyl (C=O) groups excluding carboxylic acids is 2. The standard InChI is InChI=1S/C44H51Cl4N7O4S/c1-3-4-5-6-7-8-9-10-11-12-16-19-40(56)50-33-22-25-36(46)39(30-33)52-43-41(44(57)55(53-43)42-37(47)28-31(45)29-38(42)48)51-32-20-23-35(24-21-32)54(27-26-49-60(2,58)59)34-17-14-13-15-18-34/h13-15,17-18,20-25,28-30,49H,3-12,16,19,26-27H2,1-2H3,(H,50,56)(H,52,53). The molecule has 4 aromatic rings. The van der Waals surface area contributed by atoms with Gasteiger partial charge in [-0.1, -0.05) is 136 Å². The van der Waals surface area contributed by atoms with Crippen LogP contribution in [0.5, 0.6) is 0 Å². The van der Waals surface area contributed by atoms with Crippen molar-refractivity contribution in [2.75, 3.05) is 34.6 Å². The van der Waals surface area contributed by atoms with E-state index >= 15 is 0 Å². The molecule has 0 aliphatic carbocycles. The molecular formula is C44H51Cl4N7O4S. The number of rotatable bonds is 22. The molecule has 60 heavy (non-hydrogen) atoms. The van der Waals surface area contributed by atoms with Crippen LogP contribution in [0.15, 0.2) is 94.9 Å². The summed E-state index contributed by atoms with van der Waals surface area (Å²) in [5, 5.41) is 4.89. The molecule has 0 saturated carbocycles. The van der Waals surface area contributed by atoms with Gasteiger partial charge in [-0.3, -0.25) is 15.0 Å². The van der Waals surface area contributed by atoms with Gasteiger partial charge in [0.05, 0.1) is 32.7 Å². The van der Waals surface area contributed by atoms with Gasteiger partial charge >= 0.3 is 0 Å². The van der Waals surface area contributed by atoms with Crippen molar-refractivity contribution in [2.45, 2.75) is 84.0 Å². The van der Waals surface area contributed by atoms with Crippen LogP contribution in [0.1, 0.15) is 84.0 Å². The average molecular weight is 916 g/mol. The van der Waals surface area contributed by atoms with E-state index in [4.69, 9.17) is 56.4 Å².